The molecule has 1 aromatic heterocycles. The van der Waals surface area contributed by atoms with E-state index in [0.717, 1.165) is 41.9 Å². The minimum Gasteiger partial charge on any atom is -0.292 e. The zero-order valence-corrected chi connectivity index (χ0v) is 14.7. The highest BCUT2D eigenvalue weighted by Gasteiger charge is 2.16. The molecule has 2 aromatic rings. The Morgan fingerprint density at radius 1 is 1.44 bits per heavy atom. The maximum atomic E-state index is 12.7. The van der Waals surface area contributed by atoms with E-state index in [9.17, 15) is 4.79 Å². The summed E-state index contributed by atoms with van der Waals surface area (Å²) < 4.78 is 1.73. The van der Waals surface area contributed by atoms with E-state index in [1.54, 1.807) is 11.6 Å². The lowest BCUT2D eigenvalue weighted by Crippen LogP contribution is -2.29. The van der Waals surface area contributed by atoms with Crippen LogP contribution in [0.1, 0.15) is 31.2 Å². The number of nitrogens with zero attached hydrogens (tertiary/aromatic N) is 3. The van der Waals surface area contributed by atoms with E-state index in [2.05, 4.69) is 35.3 Å². The Labute approximate surface area is 147 Å². The largest absolute Gasteiger partial charge is 0.292 e. The molecule has 25 heavy (non-hydrogen) atoms. The molecule has 0 amide bonds. The van der Waals surface area contributed by atoms with E-state index in [1.807, 2.05) is 30.4 Å². The maximum absolute atomic E-state index is 12.7. The van der Waals surface area contributed by atoms with Gasteiger partial charge in [-0.05, 0) is 43.0 Å². The molecule has 3 rings (SSSR count). The van der Waals surface area contributed by atoms with Gasteiger partial charge in [0.1, 0.15) is 11.5 Å². The average molecular weight is 331 g/mol. The molecule has 0 atom stereocenters. The molecule has 0 N–H and O–H groups in total. The lowest BCUT2D eigenvalue weighted by Gasteiger charge is -2.19. The van der Waals surface area contributed by atoms with Crippen molar-refractivity contribution in [2.45, 2.75) is 32.7 Å². The Balaban J connectivity index is 2.02. The second kappa shape index (κ2) is 7.31. The molecular formula is C21H21N3O. The third-order valence-corrected chi connectivity index (χ3v) is 4.21. The molecule has 4 heteroatoms. The first-order valence-corrected chi connectivity index (χ1v) is 8.48. The Kier molecular flexibility index (Phi) is 4.95. The molecule has 0 saturated heterocycles. The highest BCUT2D eigenvalue weighted by Crippen LogP contribution is 2.18. The monoisotopic (exact) mass is 331 g/mol. The summed E-state index contributed by atoms with van der Waals surface area (Å²) in [6, 6.07) is 5.55. The van der Waals surface area contributed by atoms with Crippen molar-refractivity contribution < 1.29 is 0 Å². The minimum atomic E-state index is 0.00190. The number of aliphatic imine (C=N–C) groups is 1. The molecule has 0 fully saturated rings. The normalized spacial score (nSPS) is 14.5. The summed E-state index contributed by atoms with van der Waals surface area (Å²) >= 11 is 0. The zero-order valence-electron chi connectivity index (χ0n) is 14.7. The minimum absolute atomic E-state index is 0.00190. The SMILES string of the molecule is C=C1CCc2nc3cc(C#CC(/C=C\CC)=NC)ccc3c(=O)n2C1. The van der Waals surface area contributed by atoms with Crippen LogP contribution in [0.25, 0.3) is 10.9 Å². The van der Waals surface area contributed by atoms with Crippen LogP contribution in [0.4, 0.5) is 0 Å². The fraction of sp³-hybridized carbons (Fsp3) is 0.286. The van der Waals surface area contributed by atoms with E-state index >= 15 is 0 Å². The zero-order chi connectivity index (χ0) is 17.8. The van der Waals surface area contributed by atoms with Crippen LogP contribution >= 0.6 is 0 Å². The summed E-state index contributed by atoms with van der Waals surface area (Å²) in [5, 5.41) is 0.624. The standard InChI is InChI=1S/C21H21N3O/c1-4-5-6-17(22-3)10-8-16-9-11-18-19(13-16)23-20-12-7-15(2)14-24(20)21(18)25/h5-6,9,11,13H,2,4,7,12,14H2,1,3H3/b6-5-,22-17?. The number of rotatable bonds is 2. The lowest BCUT2D eigenvalue weighted by molar-refractivity contribution is 0.598. The van der Waals surface area contributed by atoms with Gasteiger partial charge in [0.05, 0.1) is 10.9 Å². The summed E-state index contributed by atoms with van der Waals surface area (Å²) in [4.78, 5) is 21.5. The van der Waals surface area contributed by atoms with Gasteiger partial charge < -0.3 is 0 Å². The lowest BCUT2D eigenvalue weighted by atomic mass is 10.1. The number of aromatic nitrogens is 2. The predicted molar refractivity (Wildman–Crippen MR) is 103 cm³/mol. The van der Waals surface area contributed by atoms with E-state index in [1.165, 1.54) is 0 Å². The predicted octanol–water partition coefficient (Wildman–Crippen LogP) is 3.29. The number of fused-ring (bicyclic) bond motifs is 2. The second-order valence-corrected chi connectivity index (χ2v) is 6.07. The average Bonchev–Trinajstić information content (AvgIpc) is 2.62. The summed E-state index contributed by atoms with van der Waals surface area (Å²) in [7, 11) is 1.73. The Morgan fingerprint density at radius 3 is 3.04 bits per heavy atom. The van der Waals surface area contributed by atoms with Crippen LogP contribution in [0.2, 0.25) is 0 Å². The molecule has 0 saturated carbocycles. The van der Waals surface area contributed by atoms with Gasteiger partial charge in [-0.15, -0.1) is 0 Å². The molecule has 1 aliphatic rings. The van der Waals surface area contributed by atoms with E-state index in [4.69, 9.17) is 0 Å². The fourth-order valence-electron chi connectivity index (χ4n) is 2.83. The van der Waals surface area contributed by atoms with Crippen LogP contribution in [-0.4, -0.2) is 22.3 Å². The van der Waals surface area contributed by atoms with Gasteiger partial charge in [-0.3, -0.25) is 14.4 Å². The van der Waals surface area contributed by atoms with Gasteiger partial charge in [0, 0.05) is 25.6 Å². The first-order chi connectivity index (χ1) is 12.1. The van der Waals surface area contributed by atoms with Crippen LogP contribution in [0.15, 0.2) is 52.3 Å². The molecule has 0 spiro atoms. The van der Waals surface area contributed by atoms with Gasteiger partial charge in [-0.25, -0.2) is 4.98 Å². The quantitative estimate of drug-likeness (QED) is 0.482. The van der Waals surface area contributed by atoms with Crippen molar-refractivity contribution in [3.8, 4) is 11.8 Å². The van der Waals surface area contributed by atoms with Crippen LogP contribution in [0, 0.1) is 11.8 Å². The molecular weight excluding hydrogens is 310 g/mol. The molecule has 0 bridgehead atoms. The van der Waals surface area contributed by atoms with Crippen LogP contribution in [0.5, 0.6) is 0 Å². The number of hydrogen-bond donors (Lipinski definition) is 0. The molecule has 4 nitrogen and oxygen atoms in total. The number of aryl methyl sites for hydroxylation is 1. The molecule has 1 aliphatic heterocycles. The van der Waals surface area contributed by atoms with Crippen molar-refractivity contribution in [2.75, 3.05) is 7.05 Å². The smallest absolute Gasteiger partial charge is 0.261 e. The Morgan fingerprint density at radius 2 is 2.28 bits per heavy atom. The van der Waals surface area contributed by atoms with Crippen LogP contribution < -0.4 is 5.56 Å². The molecule has 2 heterocycles. The van der Waals surface area contributed by atoms with E-state index in [-0.39, 0.29) is 5.56 Å². The molecule has 126 valence electrons. The number of benzene rings is 1. The van der Waals surface area contributed by atoms with Gasteiger partial charge >= 0.3 is 0 Å². The Hall–Kier alpha value is -2.93. The summed E-state index contributed by atoms with van der Waals surface area (Å²) in [5.74, 6) is 7.00. The maximum Gasteiger partial charge on any atom is 0.261 e. The fourth-order valence-corrected chi connectivity index (χ4v) is 2.83. The second-order valence-electron chi connectivity index (χ2n) is 6.07. The summed E-state index contributed by atoms with van der Waals surface area (Å²) in [6.07, 6.45) is 6.54. The van der Waals surface area contributed by atoms with Crippen molar-refractivity contribution in [2.24, 2.45) is 4.99 Å². The number of hydrogen-bond acceptors (Lipinski definition) is 3. The Bertz CT molecular complexity index is 1010. The van der Waals surface area contributed by atoms with Gasteiger partial charge in [0.15, 0.2) is 0 Å². The first-order valence-electron chi connectivity index (χ1n) is 8.48. The summed E-state index contributed by atoms with van der Waals surface area (Å²) in [6.45, 7) is 6.63. The number of allylic oxidation sites excluding steroid dienone is 3. The van der Waals surface area contributed by atoms with Crippen molar-refractivity contribution in [1.29, 1.82) is 0 Å². The van der Waals surface area contributed by atoms with Crippen LogP contribution in [0.3, 0.4) is 0 Å². The van der Waals surface area contributed by atoms with Crippen molar-refractivity contribution in [3.05, 3.63) is 64.2 Å². The topological polar surface area (TPSA) is 47.2 Å². The molecule has 1 aromatic carbocycles. The van der Waals surface area contributed by atoms with E-state index in [0.29, 0.717) is 17.4 Å². The highest BCUT2D eigenvalue weighted by molar-refractivity contribution is 6.09. The summed E-state index contributed by atoms with van der Waals surface area (Å²) in [5.41, 5.74) is 3.34. The first kappa shape index (κ1) is 16.9. The highest BCUT2D eigenvalue weighted by atomic mass is 16.1. The third-order valence-electron chi connectivity index (χ3n) is 4.21. The van der Waals surface area contributed by atoms with Crippen molar-refractivity contribution >= 4 is 16.6 Å². The van der Waals surface area contributed by atoms with Gasteiger partial charge in [0.2, 0.25) is 0 Å². The van der Waals surface area contributed by atoms with Gasteiger partial charge in [0.25, 0.3) is 5.56 Å². The van der Waals surface area contributed by atoms with Crippen LogP contribution in [-0.2, 0) is 13.0 Å². The van der Waals surface area contributed by atoms with Crippen molar-refractivity contribution in [1.82, 2.24) is 9.55 Å². The molecule has 0 unspecified atom stereocenters. The van der Waals surface area contributed by atoms with Gasteiger partial charge in [-0.1, -0.05) is 31.1 Å². The molecule has 0 aliphatic carbocycles. The van der Waals surface area contributed by atoms with Gasteiger partial charge in [-0.2, -0.15) is 0 Å². The van der Waals surface area contributed by atoms with Crippen molar-refractivity contribution in [3.63, 3.8) is 0 Å². The third kappa shape index (κ3) is 3.61. The molecule has 0 radical (unpaired) electrons. The van der Waals surface area contributed by atoms with E-state index < -0.39 is 0 Å².